The van der Waals surface area contributed by atoms with Gasteiger partial charge in [0.2, 0.25) is 0 Å². The minimum atomic E-state index is 0.410. The van der Waals surface area contributed by atoms with Crippen molar-refractivity contribution < 1.29 is 0 Å². The van der Waals surface area contributed by atoms with Gasteiger partial charge < -0.3 is 15.5 Å². The van der Waals surface area contributed by atoms with Gasteiger partial charge in [0.15, 0.2) is 0 Å². The molecule has 3 heteroatoms. The number of likely N-dealkylation sites (N-methyl/N-ethyl adjacent to an activating group) is 1. The lowest BCUT2D eigenvalue weighted by Crippen LogP contribution is -2.61. The molecule has 2 unspecified atom stereocenters. The van der Waals surface area contributed by atoms with Crippen molar-refractivity contribution in [1.82, 2.24) is 15.5 Å². The van der Waals surface area contributed by atoms with E-state index in [1.54, 1.807) is 0 Å². The quantitative estimate of drug-likeness (QED) is 0.749. The fourth-order valence-electron chi connectivity index (χ4n) is 3.12. The highest BCUT2D eigenvalue weighted by Crippen LogP contribution is 2.35. The van der Waals surface area contributed by atoms with Crippen molar-refractivity contribution in [2.24, 2.45) is 5.92 Å². The summed E-state index contributed by atoms with van der Waals surface area (Å²) in [6, 6.07) is 0.717. The average molecular weight is 225 g/mol. The third-order valence-electron chi connectivity index (χ3n) is 4.52. The molecular formula is C13H27N3. The molecule has 1 aliphatic heterocycles. The fourth-order valence-corrected chi connectivity index (χ4v) is 3.12. The second-order valence-electron chi connectivity index (χ2n) is 6.06. The Morgan fingerprint density at radius 2 is 2.12 bits per heavy atom. The van der Waals surface area contributed by atoms with E-state index in [0.717, 1.165) is 25.6 Å². The molecule has 1 heterocycles. The smallest absolute Gasteiger partial charge is 0.0330 e. The van der Waals surface area contributed by atoms with E-state index in [0.29, 0.717) is 11.6 Å². The third-order valence-corrected chi connectivity index (χ3v) is 4.52. The molecule has 1 aliphatic carbocycles. The van der Waals surface area contributed by atoms with Crippen LogP contribution in [-0.2, 0) is 0 Å². The lowest BCUT2D eigenvalue weighted by Gasteiger charge is -2.46. The van der Waals surface area contributed by atoms with Crippen LogP contribution in [0.25, 0.3) is 0 Å². The summed E-state index contributed by atoms with van der Waals surface area (Å²) >= 11 is 0. The zero-order chi connectivity index (χ0) is 11.6. The van der Waals surface area contributed by atoms with Crippen LogP contribution in [0.2, 0.25) is 0 Å². The van der Waals surface area contributed by atoms with E-state index in [4.69, 9.17) is 0 Å². The van der Waals surface area contributed by atoms with Gasteiger partial charge in [0.05, 0.1) is 0 Å². The zero-order valence-electron chi connectivity index (χ0n) is 11.1. The predicted molar refractivity (Wildman–Crippen MR) is 68.7 cm³/mol. The molecule has 0 amide bonds. The van der Waals surface area contributed by atoms with Crippen molar-refractivity contribution in [2.75, 3.05) is 33.7 Å². The van der Waals surface area contributed by atoms with Crippen molar-refractivity contribution >= 4 is 0 Å². The van der Waals surface area contributed by atoms with Crippen molar-refractivity contribution in [3.63, 3.8) is 0 Å². The van der Waals surface area contributed by atoms with Gasteiger partial charge in [0, 0.05) is 31.2 Å². The van der Waals surface area contributed by atoms with Crippen LogP contribution < -0.4 is 10.6 Å². The molecule has 2 aliphatic rings. The van der Waals surface area contributed by atoms with Gasteiger partial charge in [0.25, 0.3) is 0 Å². The molecule has 2 fully saturated rings. The van der Waals surface area contributed by atoms with Gasteiger partial charge in [-0.2, -0.15) is 0 Å². The van der Waals surface area contributed by atoms with E-state index >= 15 is 0 Å². The molecule has 1 saturated carbocycles. The Hall–Kier alpha value is -0.120. The number of hydrogen-bond donors (Lipinski definition) is 2. The SMILES string of the molecule is CC1CCCC(CNC2CNC2)(N(C)C)C1. The molecule has 2 atom stereocenters. The molecule has 3 nitrogen and oxygen atoms in total. The van der Waals surface area contributed by atoms with Crippen LogP contribution in [0, 0.1) is 5.92 Å². The van der Waals surface area contributed by atoms with E-state index in [1.807, 2.05) is 0 Å². The first kappa shape index (κ1) is 12.3. The Labute approximate surface area is 100.0 Å². The number of nitrogens with zero attached hydrogens (tertiary/aromatic N) is 1. The molecule has 0 bridgehead atoms. The molecule has 2 rings (SSSR count). The highest BCUT2D eigenvalue weighted by Gasteiger charge is 2.37. The first-order chi connectivity index (χ1) is 7.62. The Kier molecular flexibility index (Phi) is 3.88. The van der Waals surface area contributed by atoms with Gasteiger partial charge in [-0.15, -0.1) is 0 Å². The highest BCUT2D eigenvalue weighted by molar-refractivity contribution is 4.96. The lowest BCUT2D eigenvalue weighted by molar-refractivity contribution is 0.0700. The van der Waals surface area contributed by atoms with Crippen LogP contribution in [0.4, 0.5) is 0 Å². The molecule has 94 valence electrons. The molecule has 0 radical (unpaired) electrons. The summed E-state index contributed by atoms with van der Waals surface area (Å²) in [6.45, 7) is 5.87. The van der Waals surface area contributed by atoms with Crippen molar-refractivity contribution in [3.8, 4) is 0 Å². The molecule has 1 saturated heterocycles. The van der Waals surface area contributed by atoms with Crippen LogP contribution in [0.5, 0.6) is 0 Å². The lowest BCUT2D eigenvalue weighted by atomic mass is 9.75. The summed E-state index contributed by atoms with van der Waals surface area (Å²) in [7, 11) is 4.50. The maximum atomic E-state index is 3.73. The molecule has 0 aromatic heterocycles. The minimum Gasteiger partial charge on any atom is -0.314 e. The molecule has 0 aromatic carbocycles. The average Bonchev–Trinajstić information content (AvgIpc) is 2.15. The Morgan fingerprint density at radius 3 is 2.62 bits per heavy atom. The van der Waals surface area contributed by atoms with Gasteiger partial charge >= 0.3 is 0 Å². The summed E-state index contributed by atoms with van der Waals surface area (Å²) in [5.41, 5.74) is 0.410. The molecule has 0 aromatic rings. The molecule has 2 N–H and O–H groups in total. The first-order valence-corrected chi connectivity index (χ1v) is 6.74. The molecular weight excluding hydrogens is 198 g/mol. The van der Waals surface area contributed by atoms with E-state index in [-0.39, 0.29) is 0 Å². The van der Waals surface area contributed by atoms with Gasteiger partial charge in [-0.05, 0) is 32.9 Å². The molecule has 0 spiro atoms. The van der Waals surface area contributed by atoms with Crippen LogP contribution in [0.3, 0.4) is 0 Å². The van der Waals surface area contributed by atoms with Gasteiger partial charge in [-0.3, -0.25) is 0 Å². The Morgan fingerprint density at radius 1 is 1.38 bits per heavy atom. The monoisotopic (exact) mass is 225 g/mol. The van der Waals surface area contributed by atoms with Crippen molar-refractivity contribution in [2.45, 2.75) is 44.2 Å². The van der Waals surface area contributed by atoms with Gasteiger partial charge in [-0.25, -0.2) is 0 Å². The zero-order valence-corrected chi connectivity index (χ0v) is 11.1. The number of nitrogens with one attached hydrogen (secondary N) is 2. The summed E-state index contributed by atoms with van der Waals surface area (Å²) in [5, 5.41) is 7.05. The van der Waals surface area contributed by atoms with Crippen molar-refractivity contribution in [3.05, 3.63) is 0 Å². The predicted octanol–water partition coefficient (Wildman–Crippen LogP) is 1.06. The summed E-state index contributed by atoms with van der Waals surface area (Å²) in [5.74, 6) is 0.887. The number of hydrogen-bond acceptors (Lipinski definition) is 3. The van der Waals surface area contributed by atoms with Gasteiger partial charge in [0.1, 0.15) is 0 Å². The minimum absolute atomic E-state index is 0.410. The van der Waals surface area contributed by atoms with E-state index in [9.17, 15) is 0 Å². The van der Waals surface area contributed by atoms with E-state index in [1.165, 1.54) is 25.7 Å². The van der Waals surface area contributed by atoms with Crippen LogP contribution in [0.15, 0.2) is 0 Å². The fraction of sp³-hybridized carbons (Fsp3) is 1.00. The molecule has 16 heavy (non-hydrogen) atoms. The van der Waals surface area contributed by atoms with Crippen LogP contribution in [-0.4, -0.2) is 50.2 Å². The summed E-state index contributed by atoms with van der Waals surface area (Å²) in [4.78, 5) is 2.46. The number of rotatable bonds is 4. The first-order valence-electron chi connectivity index (χ1n) is 6.74. The largest absolute Gasteiger partial charge is 0.314 e. The normalized spacial score (nSPS) is 36.4. The maximum Gasteiger partial charge on any atom is 0.0330 e. The van der Waals surface area contributed by atoms with Crippen LogP contribution in [0.1, 0.15) is 32.6 Å². The third kappa shape index (κ3) is 2.58. The van der Waals surface area contributed by atoms with Crippen molar-refractivity contribution in [1.29, 1.82) is 0 Å². The summed E-state index contributed by atoms with van der Waals surface area (Å²) in [6.07, 6.45) is 5.52. The second-order valence-corrected chi connectivity index (χ2v) is 6.06. The standard InChI is InChI=1S/C13H27N3/c1-11-5-4-6-13(7-11,16(2)3)10-15-12-8-14-9-12/h11-12,14-15H,4-10H2,1-3H3. The second kappa shape index (κ2) is 5.03. The van der Waals surface area contributed by atoms with Gasteiger partial charge in [-0.1, -0.05) is 19.8 Å². The summed E-state index contributed by atoms with van der Waals surface area (Å²) < 4.78 is 0. The van der Waals surface area contributed by atoms with E-state index < -0.39 is 0 Å². The van der Waals surface area contributed by atoms with E-state index in [2.05, 4.69) is 36.6 Å². The maximum absolute atomic E-state index is 3.73. The van der Waals surface area contributed by atoms with Crippen LogP contribution >= 0.6 is 0 Å². The Balaban J connectivity index is 1.91. The Bertz CT molecular complexity index is 225. The topological polar surface area (TPSA) is 27.3 Å². The highest BCUT2D eigenvalue weighted by atomic mass is 15.2.